The first-order valence-electron chi connectivity index (χ1n) is 6.25. The monoisotopic (exact) mass is 338 g/mol. The van der Waals surface area contributed by atoms with E-state index in [0.29, 0.717) is 10.2 Å². The van der Waals surface area contributed by atoms with Crippen LogP contribution in [0.2, 0.25) is 0 Å². The highest BCUT2D eigenvalue weighted by atomic mass is 32.2. The molecule has 3 rings (SSSR count). The number of fused-ring (bicyclic) bond motifs is 1. The van der Waals surface area contributed by atoms with E-state index >= 15 is 0 Å². The predicted molar refractivity (Wildman–Crippen MR) is 84.3 cm³/mol. The standard InChI is InChI=1S/C14H11FN2O3S2/c1-17-12-7-6-9(8-13(12)21-14(17)18)22(19,20)16-11-5-3-2-4-10(11)15/h2-8,16H,1H3. The van der Waals surface area contributed by atoms with Crippen molar-refractivity contribution >= 4 is 37.3 Å². The number of rotatable bonds is 3. The number of nitrogens with zero attached hydrogens (tertiary/aromatic N) is 1. The van der Waals surface area contributed by atoms with E-state index in [0.717, 1.165) is 11.3 Å². The quantitative estimate of drug-likeness (QED) is 0.798. The van der Waals surface area contributed by atoms with Crippen LogP contribution in [0.3, 0.4) is 0 Å². The third-order valence-corrected chi connectivity index (χ3v) is 5.55. The van der Waals surface area contributed by atoms with Gasteiger partial charge in [0.15, 0.2) is 0 Å². The van der Waals surface area contributed by atoms with Crippen LogP contribution in [0.5, 0.6) is 0 Å². The Hall–Kier alpha value is -2.19. The maximum Gasteiger partial charge on any atom is 0.307 e. The van der Waals surface area contributed by atoms with Gasteiger partial charge in [0.1, 0.15) is 5.82 Å². The topological polar surface area (TPSA) is 68.2 Å². The fourth-order valence-corrected chi connectivity index (χ4v) is 4.12. The lowest BCUT2D eigenvalue weighted by atomic mass is 10.3. The minimum atomic E-state index is -3.93. The smallest absolute Gasteiger partial charge is 0.302 e. The van der Waals surface area contributed by atoms with E-state index in [4.69, 9.17) is 0 Å². The van der Waals surface area contributed by atoms with Crippen LogP contribution in [0.15, 0.2) is 52.2 Å². The number of sulfonamides is 1. The molecule has 1 heterocycles. The zero-order valence-corrected chi connectivity index (χ0v) is 13.0. The van der Waals surface area contributed by atoms with Gasteiger partial charge in [0.2, 0.25) is 0 Å². The van der Waals surface area contributed by atoms with E-state index < -0.39 is 15.8 Å². The van der Waals surface area contributed by atoms with Crippen LogP contribution in [0.25, 0.3) is 10.2 Å². The SMILES string of the molecule is Cn1c(=O)sc2cc(S(=O)(=O)Nc3ccccc3F)ccc21. The molecule has 8 heteroatoms. The maximum absolute atomic E-state index is 13.6. The third kappa shape index (κ3) is 2.51. The molecule has 1 N–H and O–H groups in total. The van der Waals surface area contributed by atoms with E-state index in [2.05, 4.69) is 4.72 Å². The average Bonchev–Trinajstić information content (AvgIpc) is 2.76. The lowest BCUT2D eigenvalue weighted by Crippen LogP contribution is -2.13. The molecule has 0 amide bonds. The summed E-state index contributed by atoms with van der Waals surface area (Å²) in [6.07, 6.45) is 0. The normalized spacial score (nSPS) is 11.7. The van der Waals surface area contributed by atoms with E-state index in [-0.39, 0.29) is 15.5 Å². The lowest BCUT2D eigenvalue weighted by molar-refractivity contribution is 0.598. The van der Waals surface area contributed by atoms with E-state index in [1.54, 1.807) is 13.1 Å². The maximum atomic E-state index is 13.6. The van der Waals surface area contributed by atoms with Gasteiger partial charge in [-0.05, 0) is 30.3 Å². The minimum Gasteiger partial charge on any atom is -0.302 e. The lowest BCUT2D eigenvalue weighted by Gasteiger charge is -2.09. The molecule has 0 spiro atoms. The summed E-state index contributed by atoms with van der Waals surface area (Å²) in [6, 6.07) is 9.87. The van der Waals surface area contributed by atoms with Gasteiger partial charge in [-0.15, -0.1) is 0 Å². The van der Waals surface area contributed by atoms with Crippen molar-refractivity contribution in [2.75, 3.05) is 4.72 Å². The molecule has 0 fully saturated rings. The van der Waals surface area contributed by atoms with Gasteiger partial charge in [-0.1, -0.05) is 23.5 Å². The molecule has 0 unspecified atom stereocenters. The van der Waals surface area contributed by atoms with Gasteiger partial charge in [-0.25, -0.2) is 12.8 Å². The summed E-state index contributed by atoms with van der Waals surface area (Å²) in [4.78, 5) is 11.4. The summed E-state index contributed by atoms with van der Waals surface area (Å²) < 4.78 is 42.4. The second-order valence-electron chi connectivity index (χ2n) is 4.64. The molecule has 0 atom stereocenters. The summed E-state index contributed by atoms with van der Waals surface area (Å²) in [6.45, 7) is 0. The number of aryl methyl sites for hydroxylation is 1. The van der Waals surface area contributed by atoms with Crippen LogP contribution in [0, 0.1) is 5.82 Å². The van der Waals surface area contributed by atoms with Crippen molar-refractivity contribution in [2.24, 2.45) is 7.05 Å². The Bertz CT molecular complexity index is 1020. The van der Waals surface area contributed by atoms with Gasteiger partial charge in [0.25, 0.3) is 10.0 Å². The highest BCUT2D eigenvalue weighted by Gasteiger charge is 2.17. The van der Waals surface area contributed by atoms with Gasteiger partial charge in [-0.3, -0.25) is 9.52 Å². The molecule has 1 aromatic heterocycles. The Kier molecular flexibility index (Phi) is 3.50. The van der Waals surface area contributed by atoms with Crippen LogP contribution in [-0.4, -0.2) is 13.0 Å². The molecule has 0 saturated carbocycles. The first-order valence-corrected chi connectivity index (χ1v) is 8.55. The molecule has 0 aliphatic rings. The number of hydrogen-bond donors (Lipinski definition) is 1. The number of aromatic nitrogens is 1. The van der Waals surface area contributed by atoms with Crippen molar-refractivity contribution in [1.82, 2.24) is 4.57 Å². The molecule has 0 radical (unpaired) electrons. The van der Waals surface area contributed by atoms with Gasteiger partial charge >= 0.3 is 4.87 Å². The van der Waals surface area contributed by atoms with E-state index in [1.807, 2.05) is 0 Å². The first-order chi connectivity index (χ1) is 10.4. The second kappa shape index (κ2) is 5.22. The number of nitrogens with one attached hydrogen (secondary N) is 1. The first kappa shape index (κ1) is 14.7. The molecule has 0 aliphatic heterocycles. The Morgan fingerprint density at radius 2 is 1.91 bits per heavy atom. The highest BCUT2D eigenvalue weighted by Crippen LogP contribution is 2.23. The molecule has 0 saturated heterocycles. The molecular weight excluding hydrogens is 327 g/mol. The number of benzene rings is 2. The fourth-order valence-electron chi connectivity index (χ4n) is 2.03. The Labute approximate surface area is 129 Å². The van der Waals surface area contributed by atoms with Gasteiger partial charge in [-0.2, -0.15) is 0 Å². The molecule has 2 aromatic carbocycles. The van der Waals surface area contributed by atoms with Crippen molar-refractivity contribution in [3.8, 4) is 0 Å². The third-order valence-electron chi connectivity index (χ3n) is 3.19. The summed E-state index contributed by atoms with van der Waals surface area (Å²) in [5.74, 6) is -0.656. The Balaban J connectivity index is 2.06. The molecule has 0 aliphatic carbocycles. The fraction of sp³-hybridized carbons (Fsp3) is 0.0714. The Morgan fingerprint density at radius 3 is 2.64 bits per heavy atom. The minimum absolute atomic E-state index is 0.0231. The molecule has 22 heavy (non-hydrogen) atoms. The number of anilines is 1. The average molecular weight is 338 g/mol. The Morgan fingerprint density at radius 1 is 1.18 bits per heavy atom. The molecule has 0 bridgehead atoms. The van der Waals surface area contributed by atoms with Crippen LogP contribution in [0.4, 0.5) is 10.1 Å². The van der Waals surface area contributed by atoms with Gasteiger partial charge in [0.05, 0.1) is 20.8 Å². The molecule has 5 nitrogen and oxygen atoms in total. The van der Waals surface area contributed by atoms with E-state index in [9.17, 15) is 17.6 Å². The van der Waals surface area contributed by atoms with Crippen molar-refractivity contribution < 1.29 is 12.8 Å². The summed E-state index contributed by atoms with van der Waals surface area (Å²) in [5, 5.41) is 0. The summed E-state index contributed by atoms with van der Waals surface area (Å²) >= 11 is 0.960. The molecule has 114 valence electrons. The van der Waals surface area contributed by atoms with Crippen LogP contribution in [0.1, 0.15) is 0 Å². The number of para-hydroxylation sites is 1. The zero-order valence-electron chi connectivity index (χ0n) is 11.4. The summed E-state index contributed by atoms with van der Waals surface area (Å²) in [7, 11) is -2.31. The van der Waals surface area contributed by atoms with Crippen LogP contribution in [-0.2, 0) is 17.1 Å². The highest BCUT2D eigenvalue weighted by molar-refractivity contribution is 7.92. The molecular formula is C14H11FN2O3S2. The number of halogens is 1. The van der Waals surface area contributed by atoms with Crippen molar-refractivity contribution in [2.45, 2.75) is 4.90 Å². The van der Waals surface area contributed by atoms with Crippen LogP contribution < -0.4 is 9.60 Å². The van der Waals surface area contributed by atoms with Crippen LogP contribution >= 0.6 is 11.3 Å². The largest absolute Gasteiger partial charge is 0.307 e. The van der Waals surface area contributed by atoms with Crippen molar-refractivity contribution in [3.63, 3.8) is 0 Å². The zero-order chi connectivity index (χ0) is 15.9. The van der Waals surface area contributed by atoms with Gasteiger partial charge < -0.3 is 4.57 Å². The van der Waals surface area contributed by atoms with E-state index in [1.165, 1.54) is 41.0 Å². The second-order valence-corrected chi connectivity index (χ2v) is 7.32. The van der Waals surface area contributed by atoms with Crippen molar-refractivity contribution in [3.05, 3.63) is 57.9 Å². The van der Waals surface area contributed by atoms with Gasteiger partial charge in [0, 0.05) is 7.05 Å². The number of thiazole rings is 1. The van der Waals surface area contributed by atoms with Crippen molar-refractivity contribution in [1.29, 1.82) is 0 Å². The number of hydrogen-bond acceptors (Lipinski definition) is 4. The predicted octanol–water partition coefficient (Wildman–Crippen LogP) is 2.54. The summed E-state index contributed by atoms with van der Waals surface area (Å²) in [5.41, 5.74) is 0.531. The molecule has 3 aromatic rings.